The van der Waals surface area contributed by atoms with Gasteiger partial charge in [0.15, 0.2) is 0 Å². The summed E-state index contributed by atoms with van der Waals surface area (Å²) in [4.78, 5) is 16.2. The lowest BCUT2D eigenvalue weighted by molar-refractivity contribution is 0.340. The van der Waals surface area contributed by atoms with E-state index in [1.807, 2.05) is 43.6 Å². The van der Waals surface area contributed by atoms with Crippen LogP contribution in [0.2, 0.25) is 0 Å². The smallest absolute Gasteiger partial charge is 0.226 e. The average molecular weight is 420 g/mol. The van der Waals surface area contributed by atoms with Crippen LogP contribution >= 0.6 is 0 Å². The molecule has 1 aliphatic heterocycles. The number of fused-ring (bicyclic) bond motifs is 1. The highest BCUT2D eigenvalue weighted by atomic mass is 16.5. The number of nitrogens with zero attached hydrogens (tertiary/aromatic N) is 4. The molecule has 0 saturated carbocycles. The molecule has 31 heavy (non-hydrogen) atoms. The summed E-state index contributed by atoms with van der Waals surface area (Å²) >= 11 is 0. The second-order valence-corrected chi connectivity index (χ2v) is 8.25. The van der Waals surface area contributed by atoms with Gasteiger partial charge in [-0.25, -0.2) is 9.97 Å². The van der Waals surface area contributed by atoms with Crippen molar-refractivity contribution in [2.75, 3.05) is 31.1 Å². The summed E-state index contributed by atoms with van der Waals surface area (Å²) in [5.41, 5.74) is 3.31. The zero-order chi connectivity index (χ0) is 21.5. The summed E-state index contributed by atoms with van der Waals surface area (Å²) in [6.45, 7) is 7.77. The molecule has 1 fully saturated rings. The van der Waals surface area contributed by atoms with E-state index in [0.29, 0.717) is 12.6 Å². The topological polar surface area (TPSA) is 63.2 Å². The van der Waals surface area contributed by atoms with Crippen LogP contribution in [-0.4, -0.2) is 47.2 Å². The van der Waals surface area contributed by atoms with Crippen LogP contribution in [0.15, 0.2) is 42.7 Å². The van der Waals surface area contributed by atoms with Crippen molar-refractivity contribution in [2.45, 2.75) is 52.0 Å². The summed E-state index contributed by atoms with van der Waals surface area (Å²) in [6.07, 6.45) is 9.50. The Labute approximate surface area is 185 Å². The van der Waals surface area contributed by atoms with Crippen LogP contribution in [-0.2, 0) is 6.42 Å². The maximum atomic E-state index is 5.63. The molecular formula is C25H33N5O. The zero-order valence-corrected chi connectivity index (χ0v) is 18.7. The van der Waals surface area contributed by atoms with Gasteiger partial charge in [-0.05, 0) is 82.3 Å². The van der Waals surface area contributed by atoms with E-state index in [2.05, 4.69) is 28.2 Å². The van der Waals surface area contributed by atoms with Gasteiger partial charge in [-0.1, -0.05) is 6.07 Å². The lowest BCUT2D eigenvalue weighted by Crippen LogP contribution is -2.32. The van der Waals surface area contributed by atoms with E-state index in [0.717, 1.165) is 73.6 Å². The molecule has 0 aliphatic carbocycles. The zero-order valence-electron chi connectivity index (χ0n) is 18.7. The molecule has 2 aromatic heterocycles. The molecule has 0 bridgehead atoms. The summed E-state index contributed by atoms with van der Waals surface area (Å²) in [6, 6.07) is 10.8. The van der Waals surface area contributed by atoms with Gasteiger partial charge in [0, 0.05) is 36.9 Å². The van der Waals surface area contributed by atoms with Crippen LogP contribution < -0.4 is 15.0 Å². The first-order chi connectivity index (χ1) is 15.2. The van der Waals surface area contributed by atoms with E-state index in [4.69, 9.17) is 14.7 Å². The van der Waals surface area contributed by atoms with Gasteiger partial charge in [0.2, 0.25) is 5.95 Å². The summed E-state index contributed by atoms with van der Waals surface area (Å²) in [7, 11) is 0. The predicted octanol–water partition coefficient (Wildman–Crippen LogP) is 4.31. The number of benzene rings is 1. The Kier molecular flexibility index (Phi) is 7.30. The van der Waals surface area contributed by atoms with Gasteiger partial charge in [-0.3, -0.25) is 4.98 Å². The normalized spacial score (nSPS) is 17.0. The number of anilines is 1. The summed E-state index contributed by atoms with van der Waals surface area (Å²) < 4.78 is 5.63. The van der Waals surface area contributed by atoms with Crippen molar-refractivity contribution in [2.24, 2.45) is 0 Å². The van der Waals surface area contributed by atoms with E-state index in [9.17, 15) is 0 Å². The number of aromatic nitrogens is 3. The minimum absolute atomic E-state index is 0.564. The molecule has 3 heterocycles. The molecule has 6 nitrogen and oxygen atoms in total. The molecule has 0 radical (unpaired) electrons. The highest BCUT2D eigenvalue weighted by Crippen LogP contribution is 2.25. The number of nitrogens with one attached hydrogen (secondary N) is 1. The second kappa shape index (κ2) is 10.5. The van der Waals surface area contributed by atoms with Crippen molar-refractivity contribution >= 4 is 16.9 Å². The molecule has 4 rings (SSSR count). The quantitative estimate of drug-likeness (QED) is 0.549. The fraction of sp³-hybridized carbons (Fsp3) is 0.480. The summed E-state index contributed by atoms with van der Waals surface area (Å²) in [5.74, 6) is 1.73. The fourth-order valence-electron chi connectivity index (χ4n) is 4.29. The van der Waals surface area contributed by atoms with Crippen LogP contribution in [0.3, 0.4) is 0 Å². The Morgan fingerprint density at radius 2 is 2.10 bits per heavy atom. The van der Waals surface area contributed by atoms with Crippen molar-refractivity contribution in [3.8, 4) is 5.75 Å². The second-order valence-electron chi connectivity index (χ2n) is 8.25. The fourth-order valence-corrected chi connectivity index (χ4v) is 4.29. The minimum atomic E-state index is 0.564. The molecule has 0 spiro atoms. The number of pyridine rings is 1. The SMILES string of the molecule is CCOc1ccc2nc(N3CCC[C@H](NCCCc4cccnc4)CC3)nc(C)c2c1. The van der Waals surface area contributed by atoms with Gasteiger partial charge in [0.25, 0.3) is 0 Å². The van der Waals surface area contributed by atoms with E-state index in [-0.39, 0.29) is 0 Å². The molecule has 164 valence electrons. The molecule has 1 saturated heterocycles. The van der Waals surface area contributed by atoms with Gasteiger partial charge < -0.3 is 15.0 Å². The van der Waals surface area contributed by atoms with Gasteiger partial charge >= 0.3 is 0 Å². The Bertz CT molecular complexity index is 978. The molecular weight excluding hydrogens is 386 g/mol. The monoisotopic (exact) mass is 419 g/mol. The van der Waals surface area contributed by atoms with Crippen molar-refractivity contribution in [3.05, 3.63) is 54.0 Å². The lowest BCUT2D eigenvalue weighted by Gasteiger charge is -2.22. The Balaban J connectivity index is 1.32. The van der Waals surface area contributed by atoms with Gasteiger partial charge in [0.1, 0.15) is 5.75 Å². The van der Waals surface area contributed by atoms with Gasteiger partial charge in [-0.2, -0.15) is 0 Å². The van der Waals surface area contributed by atoms with E-state index in [1.54, 1.807) is 0 Å². The third kappa shape index (κ3) is 5.70. The minimum Gasteiger partial charge on any atom is -0.494 e. The largest absolute Gasteiger partial charge is 0.494 e. The predicted molar refractivity (Wildman–Crippen MR) is 126 cm³/mol. The number of ether oxygens (including phenoxy) is 1. The molecule has 0 amide bonds. The van der Waals surface area contributed by atoms with E-state index in [1.165, 1.54) is 12.0 Å². The first-order valence-corrected chi connectivity index (χ1v) is 11.5. The highest BCUT2D eigenvalue weighted by molar-refractivity contribution is 5.83. The third-order valence-corrected chi connectivity index (χ3v) is 5.97. The van der Waals surface area contributed by atoms with Crippen LogP contribution in [0.25, 0.3) is 10.9 Å². The number of hydrogen-bond donors (Lipinski definition) is 1. The molecule has 6 heteroatoms. The van der Waals surface area contributed by atoms with Crippen molar-refractivity contribution in [1.82, 2.24) is 20.3 Å². The number of hydrogen-bond acceptors (Lipinski definition) is 6. The van der Waals surface area contributed by atoms with Crippen LogP contribution in [0.4, 0.5) is 5.95 Å². The van der Waals surface area contributed by atoms with Gasteiger partial charge in [0.05, 0.1) is 17.8 Å². The average Bonchev–Trinajstić information content (AvgIpc) is 3.04. The van der Waals surface area contributed by atoms with E-state index >= 15 is 0 Å². The Morgan fingerprint density at radius 1 is 1.16 bits per heavy atom. The molecule has 3 aromatic rings. The maximum Gasteiger partial charge on any atom is 0.226 e. The molecule has 0 unspecified atom stereocenters. The highest BCUT2D eigenvalue weighted by Gasteiger charge is 2.19. The first-order valence-electron chi connectivity index (χ1n) is 11.5. The lowest BCUT2D eigenvalue weighted by atomic mass is 10.1. The number of rotatable bonds is 8. The molecule has 1 aromatic carbocycles. The van der Waals surface area contributed by atoms with Crippen LogP contribution in [0.1, 0.15) is 43.9 Å². The standard InChI is InChI=1S/C25H33N5O/c1-3-31-22-10-11-24-23(17-22)19(2)28-25(29-24)30-15-6-9-21(12-16-30)27-14-5-8-20-7-4-13-26-18-20/h4,7,10-11,13,17-18,21,27H,3,5-6,8-9,12,14-16H2,1-2H3/t21-/m0/s1. The van der Waals surface area contributed by atoms with E-state index < -0.39 is 0 Å². The van der Waals surface area contributed by atoms with Crippen LogP contribution in [0.5, 0.6) is 5.75 Å². The van der Waals surface area contributed by atoms with Crippen molar-refractivity contribution < 1.29 is 4.74 Å². The maximum absolute atomic E-state index is 5.63. The van der Waals surface area contributed by atoms with Gasteiger partial charge in [-0.15, -0.1) is 0 Å². The first kappa shape index (κ1) is 21.5. The third-order valence-electron chi connectivity index (χ3n) is 5.97. The van der Waals surface area contributed by atoms with Crippen molar-refractivity contribution in [3.63, 3.8) is 0 Å². The Hall–Kier alpha value is -2.73. The summed E-state index contributed by atoms with van der Waals surface area (Å²) in [5, 5.41) is 4.83. The number of aryl methyl sites for hydroxylation is 2. The van der Waals surface area contributed by atoms with Crippen molar-refractivity contribution in [1.29, 1.82) is 0 Å². The molecule has 1 atom stereocenters. The van der Waals surface area contributed by atoms with Crippen LogP contribution in [0, 0.1) is 6.92 Å². The Morgan fingerprint density at radius 3 is 2.94 bits per heavy atom. The molecule has 1 N–H and O–H groups in total. The molecule has 1 aliphatic rings.